The van der Waals surface area contributed by atoms with Gasteiger partial charge in [-0.15, -0.1) is 0 Å². The third-order valence-electron chi connectivity index (χ3n) is 3.38. The molecule has 0 bridgehead atoms. The van der Waals surface area contributed by atoms with Gasteiger partial charge in [0, 0.05) is 5.56 Å². The van der Waals surface area contributed by atoms with Crippen LogP contribution < -0.4 is 14.8 Å². The second-order valence-electron chi connectivity index (χ2n) is 5.62. The Labute approximate surface area is 143 Å². The van der Waals surface area contributed by atoms with Gasteiger partial charge in [0.05, 0.1) is 6.04 Å². The monoisotopic (exact) mass is 325 g/mol. The van der Waals surface area contributed by atoms with E-state index in [0.717, 1.165) is 5.75 Å². The van der Waals surface area contributed by atoms with Crippen LogP contribution in [0.4, 0.5) is 0 Å². The summed E-state index contributed by atoms with van der Waals surface area (Å²) >= 11 is 0. The second-order valence-corrected chi connectivity index (χ2v) is 5.62. The van der Waals surface area contributed by atoms with Crippen molar-refractivity contribution in [2.24, 2.45) is 0 Å². The van der Waals surface area contributed by atoms with Crippen LogP contribution >= 0.6 is 0 Å². The van der Waals surface area contributed by atoms with E-state index in [-0.39, 0.29) is 11.9 Å². The Hall–Kier alpha value is -2.75. The smallest absolute Gasteiger partial charge is 0.251 e. The first-order valence-electron chi connectivity index (χ1n) is 7.92. The van der Waals surface area contributed by atoms with Crippen LogP contribution in [0.5, 0.6) is 11.5 Å². The number of carbonyl (C=O) groups is 1. The molecular formula is C20H23NO3. The number of carbonyl (C=O) groups excluding carboxylic acids is 1. The Morgan fingerprint density at radius 2 is 1.67 bits per heavy atom. The molecule has 0 aromatic heterocycles. The third-order valence-corrected chi connectivity index (χ3v) is 3.38. The summed E-state index contributed by atoms with van der Waals surface area (Å²) in [4.78, 5) is 12.2. The van der Waals surface area contributed by atoms with Gasteiger partial charge in [-0.3, -0.25) is 4.79 Å². The van der Waals surface area contributed by atoms with E-state index in [1.807, 2.05) is 38.1 Å². The van der Waals surface area contributed by atoms with E-state index in [4.69, 9.17) is 9.47 Å². The van der Waals surface area contributed by atoms with Crippen molar-refractivity contribution in [1.82, 2.24) is 5.32 Å². The fourth-order valence-corrected chi connectivity index (χ4v) is 2.06. The number of hydrogen-bond donors (Lipinski definition) is 1. The summed E-state index contributed by atoms with van der Waals surface area (Å²) in [5.74, 6) is 1.37. The van der Waals surface area contributed by atoms with Crippen LogP contribution in [0.25, 0.3) is 0 Å². The number of aryl methyl sites for hydroxylation is 1. The molecule has 4 nitrogen and oxygen atoms in total. The van der Waals surface area contributed by atoms with Gasteiger partial charge in [-0.1, -0.05) is 30.4 Å². The number of rotatable bonds is 8. The van der Waals surface area contributed by atoms with Gasteiger partial charge < -0.3 is 14.8 Å². The first-order chi connectivity index (χ1) is 11.6. The molecule has 0 spiro atoms. The van der Waals surface area contributed by atoms with Crippen LogP contribution in [0, 0.1) is 6.92 Å². The molecule has 1 unspecified atom stereocenters. The van der Waals surface area contributed by atoms with Crippen molar-refractivity contribution in [3.05, 3.63) is 72.3 Å². The molecule has 126 valence electrons. The summed E-state index contributed by atoms with van der Waals surface area (Å²) in [5, 5.41) is 2.92. The minimum Gasteiger partial charge on any atom is -0.491 e. The molecule has 2 rings (SSSR count). The largest absolute Gasteiger partial charge is 0.491 e. The number of benzene rings is 2. The fourth-order valence-electron chi connectivity index (χ4n) is 2.06. The molecule has 2 aromatic carbocycles. The Morgan fingerprint density at radius 1 is 1.08 bits per heavy atom. The Morgan fingerprint density at radius 3 is 2.29 bits per heavy atom. The Balaban J connectivity index is 1.82. The van der Waals surface area contributed by atoms with E-state index in [2.05, 4.69) is 11.9 Å². The third kappa shape index (κ3) is 5.47. The zero-order valence-corrected chi connectivity index (χ0v) is 14.1. The standard InChI is InChI=1S/C20H23NO3/c1-4-13-23-18-11-7-17(8-12-18)20(22)21-16(3)14-24-19-9-5-15(2)6-10-19/h4-12,16H,1,13-14H2,2-3H3,(H,21,22). The minimum atomic E-state index is -0.134. The molecule has 4 heteroatoms. The van der Waals surface area contributed by atoms with Gasteiger partial charge in [0.2, 0.25) is 0 Å². The van der Waals surface area contributed by atoms with E-state index in [1.54, 1.807) is 30.3 Å². The van der Waals surface area contributed by atoms with Crippen molar-refractivity contribution in [3.8, 4) is 11.5 Å². The van der Waals surface area contributed by atoms with E-state index in [9.17, 15) is 4.79 Å². The zero-order chi connectivity index (χ0) is 17.4. The van der Waals surface area contributed by atoms with Crippen LogP contribution in [0.3, 0.4) is 0 Å². The lowest BCUT2D eigenvalue weighted by Crippen LogP contribution is -2.36. The van der Waals surface area contributed by atoms with Gasteiger partial charge in [-0.2, -0.15) is 0 Å². The van der Waals surface area contributed by atoms with Crippen molar-refractivity contribution in [2.75, 3.05) is 13.2 Å². The van der Waals surface area contributed by atoms with Crippen molar-refractivity contribution in [3.63, 3.8) is 0 Å². The van der Waals surface area contributed by atoms with Gasteiger partial charge in [0.15, 0.2) is 0 Å². The highest BCUT2D eigenvalue weighted by molar-refractivity contribution is 5.94. The molecule has 0 saturated heterocycles. The van der Waals surface area contributed by atoms with Crippen LogP contribution in [-0.2, 0) is 0 Å². The van der Waals surface area contributed by atoms with Crippen LogP contribution in [0.2, 0.25) is 0 Å². The fraction of sp³-hybridized carbons (Fsp3) is 0.250. The maximum absolute atomic E-state index is 12.2. The van der Waals surface area contributed by atoms with Gasteiger partial charge in [0.25, 0.3) is 5.91 Å². The quantitative estimate of drug-likeness (QED) is 0.752. The molecule has 1 atom stereocenters. The molecule has 0 heterocycles. The maximum atomic E-state index is 12.2. The molecule has 0 saturated carbocycles. The number of amides is 1. The highest BCUT2D eigenvalue weighted by atomic mass is 16.5. The molecule has 0 aliphatic carbocycles. The zero-order valence-electron chi connectivity index (χ0n) is 14.1. The van der Waals surface area contributed by atoms with Crippen LogP contribution in [0.15, 0.2) is 61.2 Å². The van der Waals surface area contributed by atoms with Gasteiger partial charge in [-0.05, 0) is 50.2 Å². The van der Waals surface area contributed by atoms with Crippen molar-refractivity contribution < 1.29 is 14.3 Å². The van der Waals surface area contributed by atoms with Crippen LogP contribution in [-0.4, -0.2) is 25.2 Å². The minimum absolute atomic E-state index is 0.101. The lowest BCUT2D eigenvalue weighted by Gasteiger charge is -2.15. The van der Waals surface area contributed by atoms with Gasteiger partial charge >= 0.3 is 0 Å². The predicted octanol–water partition coefficient (Wildman–Crippen LogP) is 3.76. The SMILES string of the molecule is C=CCOc1ccc(C(=O)NC(C)COc2ccc(C)cc2)cc1. The first kappa shape index (κ1) is 17.6. The first-order valence-corrected chi connectivity index (χ1v) is 7.92. The summed E-state index contributed by atoms with van der Waals surface area (Å²) in [6, 6.07) is 14.7. The normalized spacial score (nSPS) is 11.4. The lowest BCUT2D eigenvalue weighted by molar-refractivity contribution is 0.0926. The van der Waals surface area contributed by atoms with E-state index in [1.165, 1.54) is 5.56 Å². The molecule has 24 heavy (non-hydrogen) atoms. The summed E-state index contributed by atoms with van der Waals surface area (Å²) < 4.78 is 11.1. The highest BCUT2D eigenvalue weighted by Crippen LogP contribution is 2.13. The highest BCUT2D eigenvalue weighted by Gasteiger charge is 2.10. The van der Waals surface area contributed by atoms with E-state index < -0.39 is 0 Å². The molecule has 1 N–H and O–H groups in total. The second kappa shape index (κ2) is 8.77. The Bertz CT molecular complexity index is 662. The maximum Gasteiger partial charge on any atom is 0.251 e. The molecule has 1 amide bonds. The molecule has 0 fully saturated rings. The molecule has 0 aliphatic heterocycles. The number of nitrogens with one attached hydrogen (secondary N) is 1. The lowest BCUT2D eigenvalue weighted by atomic mass is 10.2. The van der Waals surface area contributed by atoms with Crippen molar-refractivity contribution in [1.29, 1.82) is 0 Å². The van der Waals surface area contributed by atoms with E-state index >= 15 is 0 Å². The Kier molecular flexibility index (Phi) is 6.43. The number of ether oxygens (including phenoxy) is 2. The van der Waals surface area contributed by atoms with Gasteiger partial charge in [-0.25, -0.2) is 0 Å². The summed E-state index contributed by atoms with van der Waals surface area (Å²) in [7, 11) is 0. The topological polar surface area (TPSA) is 47.6 Å². The van der Waals surface area contributed by atoms with Gasteiger partial charge in [0.1, 0.15) is 24.7 Å². The van der Waals surface area contributed by atoms with Crippen molar-refractivity contribution >= 4 is 5.91 Å². The average Bonchev–Trinajstić information content (AvgIpc) is 2.60. The predicted molar refractivity (Wildman–Crippen MR) is 95.7 cm³/mol. The average molecular weight is 325 g/mol. The molecular weight excluding hydrogens is 302 g/mol. The van der Waals surface area contributed by atoms with E-state index in [0.29, 0.717) is 24.5 Å². The summed E-state index contributed by atoms with van der Waals surface area (Å²) in [6.45, 7) is 8.39. The summed E-state index contributed by atoms with van der Waals surface area (Å²) in [6.07, 6.45) is 1.68. The molecule has 0 aliphatic rings. The number of hydrogen-bond acceptors (Lipinski definition) is 3. The molecule has 2 aromatic rings. The van der Waals surface area contributed by atoms with Crippen LogP contribution in [0.1, 0.15) is 22.8 Å². The van der Waals surface area contributed by atoms with Crippen molar-refractivity contribution in [2.45, 2.75) is 19.9 Å². The summed E-state index contributed by atoms with van der Waals surface area (Å²) in [5.41, 5.74) is 1.77. The molecule has 0 radical (unpaired) electrons.